The summed E-state index contributed by atoms with van der Waals surface area (Å²) in [4.78, 5) is 20.5. The van der Waals surface area contributed by atoms with Gasteiger partial charge in [-0.25, -0.2) is 9.78 Å². The molecule has 0 aromatic carbocycles. The van der Waals surface area contributed by atoms with Crippen LogP contribution in [0.3, 0.4) is 0 Å². The van der Waals surface area contributed by atoms with E-state index in [4.69, 9.17) is 16.3 Å². The van der Waals surface area contributed by atoms with E-state index in [1.54, 1.807) is 6.20 Å². The van der Waals surface area contributed by atoms with Crippen LogP contribution in [-0.4, -0.2) is 28.2 Å². The third kappa shape index (κ3) is 6.84. The second kappa shape index (κ2) is 9.19. The zero-order valence-corrected chi connectivity index (χ0v) is 17.6. The second-order valence-electron chi connectivity index (χ2n) is 7.01. The Labute approximate surface area is 169 Å². The number of nitrogens with zero attached hydrogens (tertiary/aromatic N) is 2. The molecule has 0 radical (unpaired) electrons. The summed E-state index contributed by atoms with van der Waals surface area (Å²) in [5, 5.41) is 6.76. The van der Waals surface area contributed by atoms with Crippen LogP contribution in [0.25, 0.3) is 5.70 Å². The average molecular weight is 409 g/mol. The molecule has 2 N–H and O–H groups in total. The van der Waals surface area contributed by atoms with Gasteiger partial charge < -0.3 is 15.4 Å². The summed E-state index contributed by atoms with van der Waals surface area (Å²) in [7, 11) is 0. The minimum absolute atomic E-state index is 0.422. The van der Waals surface area contributed by atoms with Crippen LogP contribution in [0.15, 0.2) is 24.9 Å². The van der Waals surface area contributed by atoms with E-state index < -0.39 is 11.7 Å². The molecule has 0 aliphatic carbocycles. The predicted octanol–water partition coefficient (Wildman–Crippen LogP) is 4.33. The zero-order chi connectivity index (χ0) is 20.0. The first-order valence-electron chi connectivity index (χ1n) is 8.61. The Morgan fingerprint density at radius 3 is 2.78 bits per heavy atom. The highest BCUT2D eigenvalue weighted by Crippen LogP contribution is 2.28. The number of aryl methyl sites for hydroxylation is 1. The van der Waals surface area contributed by atoms with Gasteiger partial charge >= 0.3 is 6.09 Å². The van der Waals surface area contributed by atoms with Gasteiger partial charge in [0.05, 0.1) is 22.9 Å². The van der Waals surface area contributed by atoms with Gasteiger partial charge in [-0.05, 0) is 39.3 Å². The summed E-state index contributed by atoms with van der Waals surface area (Å²) in [6.45, 7) is 12.5. The summed E-state index contributed by atoms with van der Waals surface area (Å²) < 4.78 is 5.77. The van der Waals surface area contributed by atoms with Gasteiger partial charge in [0, 0.05) is 19.2 Å². The number of carbonyl (C=O) groups is 1. The Morgan fingerprint density at radius 2 is 2.11 bits per heavy atom. The van der Waals surface area contributed by atoms with E-state index >= 15 is 0 Å². The molecule has 6 nitrogen and oxygen atoms in total. The second-order valence-corrected chi connectivity index (χ2v) is 8.69. The lowest BCUT2D eigenvalue weighted by molar-refractivity contribution is 0.0528. The highest BCUT2D eigenvalue weighted by atomic mass is 35.5. The van der Waals surface area contributed by atoms with Crippen molar-refractivity contribution >= 4 is 34.7 Å². The summed E-state index contributed by atoms with van der Waals surface area (Å²) in [5.41, 5.74) is 2.81. The Hall–Kier alpha value is -2.12. The van der Waals surface area contributed by atoms with Crippen molar-refractivity contribution in [2.75, 3.05) is 6.54 Å². The molecule has 0 unspecified atom stereocenters. The number of alkyl carbamates (subject to hydrolysis) is 1. The number of nitrogens with one attached hydrogen (secondary N) is 2. The minimum atomic E-state index is -0.517. The number of pyridine rings is 1. The average Bonchev–Trinajstić information content (AvgIpc) is 2.93. The quantitative estimate of drug-likeness (QED) is 0.713. The maximum absolute atomic E-state index is 11.7. The number of halogens is 1. The van der Waals surface area contributed by atoms with Crippen LogP contribution in [0.2, 0.25) is 4.34 Å². The first-order valence-corrected chi connectivity index (χ1v) is 9.81. The van der Waals surface area contributed by atoms with E-state index in [0.29, 0.717) is 35.2 Å². The summed E-state index contributed by atoms with van der Waals surface area (Å²) >= 11 is 7.69. The normalized spacial score (nSPS) is 11.1. The van der Waals surface area contributed by atoms with Crippen LogP contribution in [0, 0.1) is 6.92 Å². The molecule has 2 heterocycles. The van der Waals surface area contributed by atoms with Crippen LogP contribution in [0.5, 0.6) is 0 Å². The van der Waals surface area contributed by atoms with E-state index in [0.717, 1.165) is 16.3 Å². The minimum Gasteiger partial charge on any atom is -0.444 e. The third-order valence-electron chi connectivity index (χ3n) is 3.51. The maximum Gasteiger partial charge on any atom is 0.407 e. The molecule has 27 heavy (non-hydrogen) atoms. The van der Waals surface area contributed by atoms with Gasteiger partial charge in [-0.1, -0.05) is 24.2 Å². The van der Waals surface area contributed by atoms with Crippen LogP contribution < -0.4 is 10.6 Å². The Morgan fingerprint density at radius 1 is 1.37 bits per heavy atom. The van der Waals surface area contributed by atoms with Gasteiger partial charge in [0.1, 0.15) is 15.6 Å². The summed E-state index contributed by atoms with van der Waals surface area (Å²) in [6.07, 6.45) is 1.89. The molecule has 0 spiro atoms. The number of hydrogen-bond donors (Lipinski definition) is 2. The van der Waals surface area contributed by atoms with Gasteiger partial charge in [0.15, 0.2) is 0 Å². The van der Waals surface area contributed by atoms with Crippen molar-refractivity contribution in [3.63, 3.8) is 0 Å². The maximum atomic E-state index is 11.7. The van der Waals surface area contributed by atoms with Crippen molar-refractivity contribution in [1.82, 2.24) is 20.6 Å². The summed E-state index contributed by atoms with van der Waals surface area (Å²) in [6, 6.07) is 3.92. The zero-order valence-electron chi connectivity index (χ0n) is 16.1. The molecule has 2 aromatic heterocycles. The molecule has 2 rings (SSSR count). The van der Waals surface area contributed by atoms with E-state index in [9.17, 15) is 4.79 Å². The summed E-state index contributed by atoms with van der Waals surface area (Å²) in [5.74, 6) is 0. The van der Waals surface area contributed by atoms with Gasteiger partial charge in [0.2, 0.25) is 0 Å². The fourth-order valence-corrected chi connectivity index (χ4v) is 3.44. The predicted molar refractivity (Wildman–Crippen MR) is 110 cm³/mol. The van der Waals surface area contributed by atoms with Crippen molar-refractivity contribution in [2.24, 2.45) is 0 Å². The van der Waals surface area contributed by atoms with Crippen molar-refractivity contribution < 1.29 is 9.53 Å². The smallest absolute Gasteiger partial charge is 0.407 e. The molecule has 146 valence electrons. The van der Waals surface area contributed by atoms with Gasteiger partial charge in [0.25, 0.3) is 0 Å². The number of ether oxygens (including phenoxy) is 1. The van der Waals surface area contributed by atoms with Crippen LogP contribution in [0.4, 0.5) is 4.79 Å². The van der Waals surface area contributed by atoms with E-state index in [-0.39, 0.29) is 0 Å². The standard InChI is InChI=1S/C19H25ClN4O2S/c1-12-7-6-9-21-14(12)11-23-13(2)16-17(20)27-15(24-16)8-10-22-18(25)26-19(3,4)5/h6-7,9,23H,2,8,10-11H2,1,3-5H3,(H,22,25). The molecule has 0 atom stereocenters. The first kappa shape index (κ1) is 21.2. The van der Waals surface area contributed by atoms with Crippen LogP contribution >= 0.6 is 22.9 Å². The highest BCUT2D eigenvalue weighted by Gasteiger charge is 2.16. The number of amides is 1. The molecule has 0 saturated heterocycles. The lowest BCUT2D eigenvalue weighted by Crippen LogP contribution is -2.33. The molecule has 1 amide bonds. The van der Waals surface area contributed by atoms with E-state index in [1.807, 2.05) is 39.8 Å². The Balaban J connectivity index is 1.87. The highest BCUT2D eigenvalue weighted by molar-refractivity contribution is 7.16. The molecule has 0 fully saturated rings. The first-order chi connectivity index (χ1) is 12.7. The lowest BCUT2D eigenvalue weighted by atomic mass is 10.2. The fourth-order valence-electron chi connectivity index (χ4n) is 2.20. The molecular weight excluding hydrogens is 384 g/mol. The number of hydrogen-bond acceptors (Lipinski definition) is 6. The van der Waals surface area contributed by atoms with Crippen molar-refractivity contribution in [1.29, 1.82) is 0 Å². The molecule has 0 aliphatic heterocycles. The topological polar surface area (TPSA) is 76.1 Å². The molecule has 8 heteroatoms. The van der Waals surface area contributed by atoms with Gasteiger partial charge in [-0.3, -0.25) is 4.98 Å². The number of aromatic nitrogens is 2. The molecule has 0 aliphatic rings. The molecular formula is C19H25ClN4O2S. The van der Waals surface area contributed by atoms with Crippen molar-refractivity contribution in [2.45, 2.75) is 46.3 Å². The van der Waals surface area contributed by atoms with Crippen LogP contribution in [0.1, 0.15) is 42.7 Å². The number of rotatable bonds is 7. The van der Waals surface area contributed by atoms with Gasteiger partial charge in [-0.15, -0.1) is 11.3 Å². The molecule has 0 bridgehead atoms. The van der Waals surface area contributed by atoms with Gasteiger partial charge in [-0.2, -0.15) is 0 Å². The fraction of sp³-hybridized carbons (Fsp3) is 0.421. The van der Waals surface area contributed by atoms with Crippen molar-refractivity contribution in [3.8, 4) is 0 Å². The number of thiazole rings is 1. The SMILES string of the molecule is C=C(NCc1ncccc1C)c1nc(CCNC(=O)OC(C)(C)C)sc1Cl. The van der Waals surface area contributed by atoms with Crippen LogP contribution in [-0.2, 0) is 17.7 Å². The van der Waals surface area contributed by atoms with E-state index in [1.165, 1.54) is 11.3 Å². The van der Waals surface area contributed by atoms with E-state index in [2.05, 4.69) is 27.2 Å². The number of carbonyl (C=O) groups excluding carboxylic acids is 1. The Bertz CT molecular complexity index is 814. The largest absolute Gasteiger partial charge is 0.444 e. The lowest BCUT2D eigenvalue weighted by Gasteiger charge is -2.19. The Kier molecular flexibility index (Phi) is 7.21. The van der Waals surface area contributed by atoms with Crippen molar-refractivity contribution in [3.05, 3.63) is 51.2 Å². The monoisotopic (exact) mass is 408 g/mol. The molecule has 0 saturated carbocycles. The molecule has 2 aromatic rings. The third-order valence-corrected chi connectivity index (χ3v) is 4.82.